The Labute approximate surface area is 145 Å². The Morgan fingerprint density at radius 2 is 1.68 bits per heavy atom. The van der Waals surface area contributed by atoms with Crippen molar-refractivity contribution in [2.45, 2.75) is 12.6 Å². The maximum absolute atomic E-state index is 12.7. The van der Waals surface area contributed by atoms with E-state index in [9.17, 15) is 13.2 Å². The molecule has 2 nitrogen and oxygen atoms in total. The first-order chi connectivity index (χ1) is 11.9. The molecule has 132 valence electrons. The molecule has 0 atom stereocenters. The van der Waals surface area contributed by atoms with Gasteiger partial charge in [-0.15, -0.1) is 0 Å². The first-order valence-electron chi connectivity index (χ1n) is 8.12. The second kappa shape index (κ2) is 6.92. The van der Waals surface area contributed by atoms with E-state index in [-0.39, 0.29) is 0 Å². The highest BCUT2D eigenvalue weighted by atomic mass is 19.4. The molecular formula is C20H20F3NO. The standard InChI is InChI=1S/C20H20F3NO/c1-24-11-3-4-16(13-24)18-12-15(7-10-19(18)25-2)14-5-8-17(9-6-14)20(21,22)23/h4-10,12H,3,11,13H2,1-2H3. The number of hydrogen-bond donors (Lipinski definition) is 0. The van der Waals surface area contributed by atoms with E-state index in [4.69, 9.17) is 4.74 Å². The first-order valence-corrected chi connectivity index (χ1v) is 8.12. The van der Waals surface area contributed by atoms with E-state index < -0.39 is 11.7 Å². The van der Waals surface area contributed by atoms with Crippen molar-refractivity contribution in [2.24, 2.45) is 0 Å². The van der Waals surface area contributed by atoms with Gasteiger partial charge in [0.2, 0.25) is 0 Å². The molecule has 1 aliphatic rings. The van der Waals surface area contributed by atoms with Crippen LogP contribution < -0.4 is 4.74 Å². The summed E-state index contributed by atoms with van der Waals surface area (Å²) in [4.78, 5) is 2.24. The molecule has 0 bridgehead atoms. The minimum absolute atomic E-state index is 0.637. The topological polar surface area (TPSA) is 12.5 Å². The zero-order valence-electron chi connectivity index (χ0n) is 14.2. The van der Waals surface area contributed by atoms with Crippen LogP contribution in [0.3, 0.4) is 0 Å². The molecule has 0 aromatic heterocycles. The van der Waals surface area contributed by atoms with Gasteiger partial charge in [0.25, 0.3) is 0 Å². The second-order valence-electron chi connectivity index (χ2n) is 6.25. The predicted octanol–water partition coefficient (Wildman–Crippen LogP) is 5.10. The van der Waals surface area contributed by atoms with Gasteiger partial charge in [-0.25, -0.2) is 0 Å². The first kappa shape index (κ1) is 17.5. The van der Waals surface area contributed by atoms with Crippen LogP contribution >= 0.6 is 0 Å². The minimum Gasteiger partial charge on any atom is -0.496 e. The number of benzene rings is 2. The Bertz CT molecular complexity index is 779. The summed E-state index contributed by atoms with van der Waals surface area (Å²) >= 11 is 0. The molecule has 0 amide bonds. The van der Waals surface area contributed by atoms with Gasteiger partial charge in [-0.2, -0.15) is 13.2 Å². The maximum atomic E-state index is 12.7. The van der Waals surface area contributed by atoms with Gasteiger partial charge < -0.3 is 9.64 Å². The van der Waals surface area contributed by atoms with Crippen LogP contribution in [-0.2, 0) is 6.18 Å². The van der Waals surface area contributed by atoms with Crippen molar-refractivity contribution in [3.05, 3.63) is 59.7 Å². The third kappa shape index (κ3) is 3.87. The van der Waals surface area contributed by atoms with Gasteiger partial charge in [-0.05, 0) is 54.4 Å². The van der Waals surface area contributed by atoms with E-state index in [1.807, 2.05) is 18.2 Å². The number of hydrogen-bond acceptors (Lipinski definition) is 2. The highest BCUT2D eigenvalue weighted by molar-refractivity contribution is 5.77. The van der Waals surface area contributed by atoms with Crippen LogP contribution in [0, 0.1) is 0 Å². The summed E-state index contributed by atoms with van der Waals surface area (Å²) < 4.78 is 43.7. The van der Waals surface area contributed by atoms with Gasteiger partial charge >= 0.3 is 6.18 Å². The van der Waals surface area contributed by atoms with E-state index in [0.717, 1.165) is 54.1 Å². The Morgan fingerprint density at radius 3 is 2.28 bits per heavy atom. The van der Waals surface area contributed by atoms with Crippen molar-refractivity contribution in [1.82, 2.24) is 4.90 Å². The lowest BCUT2D eigenvalue weighted by atomic mass is 9.95. The number of halogens is 3. The molecule has 2 aromatic rings. The number of ether oxygens (including phenoxy) is 1. The lowest BCUT2D eigenvalue weighted by molar-refractivity contribution is -0.137. The Kier molecular flexibility index (Phi) is 4.86. The fourth-order valence-corrected chi connectivity index (χ4v) is 3.08. The van der Waals surface area contributed by atoms with Gasteiger partial charge in [0.1, 0.15) is 5.75 Å². The molecule has 0 spiro atoms. The summed E-state index contributed by atoms with van der Waals surface area (Å²) in [7, 11) is 3.70. The summed E-state index contributed by atoms with van der Waals surface area (Å²) in [6.07, 6.45) is -1.14. The molecule has 25 heavy (non-hydrogen) atoms. The monoisotopic (exact) mass is 347 g/mol. The van der Waals surface area contributed by atoms with Crippen LogP contribution in [0.4, 0.5) is 13.2 Å². The summed E-state index contributed by atoms with van der Waals surface area (Å²) in [5, 5.41) is 0. The lowest BCUT2D eigenvalue weighted by Crippen LogP contribution is -2.25. The molecule has 0 N–H and O–H groups in total. The quantitative estimate of drug-likeness (QED) is 0.766. The summed E-state index contributed by atoms with van der Waals surface area (Å²) in [5.74, 6) is 0.775. The van der Waals surface area contributed by atoms with Crippen LogP contribution in [0.25, 0.3) is 16.7 Å². The number of alkyl halides is 3. The van der Waals surface area contributed by atoms with Gasteiger partial charge in [-0.3, -0.25) is 0 Å². The van der Waals surface area contributed by atoms with E-state index >= 15 is 0 Å². The lowest BCUT2D eigenvalue weighted by Gasteiger charge is -2.24. The predicted molar refractivity (Wildman–Crippen MR) is 93.5 cm³/mol. The number of methoxy groups -OCH3 is 1. The zero-order valence-corrected chi connectivity index (χ0v) is 14.2. The number of rotatable bonds is 3. The maximum Gasteiger partial charge on any atom is 0.416 e. The van der Waals surface area contributed by atoms with Gasteiger partial charge in [-0.1, -0.05) is 24.3 Å². The van der Waals surface area contributed by atoms with Crippen molar-refractivity contribution >= 4 is 5.57 Å². The van der Waals surface area contributed by atoms with Crippen molar-refractivity contribution < 1.29 is 17.9 Å². The number of nitrogens with zero attached hydrogens (tertiary/aromatic N) is 1. The van der Waals surface area contributed by atoms with Crippen molar-refractivity contribution in [3.8, 4) is 16.9 Å². The Hall–Kier alpha value is -2.27. The van der Waals surface area contributed by atoms with Crippen LogP contribution in [0.5, 0.6) is 5.75 Å². The van der Waals surface area contributed by atoms with Gasteiger partial charge in [0, 0.05) is 18.7 Å². The van der Waals surface area contributed by atoms with Crippen molar-refractivity contribution in [3.63, 3.8) is 0 Å². The fourth-order valence-electron chi connectivity index (χ4n) is 3.08. The van der Waals surface area contributed by atoms with Crippen molar-refractivity contribution in [1.29, 1.82) is 0 Å². The molecule has 0 radical (unpaired) electrons. The molecule has 1 aliphatic heterocycles. The average molecular weight is 347 g/mol. The van der Waals surface area contributed by atoms with Crippen LogP contribution in [-0.4, -0.2) is 32.1 Å². The molecule has 1 heterocycles. The molecule has 0 fully saturated rings. The smallest absolute Gasteiger partial charge is 0.416 e. The molecule has 0 saturated carbocycles. The molecule has 0 aliphatic carbocycles. The summed E-state index contributed by atoms with van der Waals surface area (Å²) in [6, 6.07) is 11.0. The van der Waals surface area contributed by atoms with Gasteiger partial charge in [0.05, 0.1) is 12.7 Å². The van der Waals surface area contributed by atoms with E-state index in [1.165, 1.54) is 17.7 Å². The minimum atomic E-state index is -4.32. The number of likely N-dealkylation sites (N-methyl/N-ethyl adjacent to an activating group) is 1. The van der Waals surface area contributed by atoms with Crippen LogP contribution in [0.2, 0.25) is 0 Å². The van der Waals surface area contributed by atoms with Gasteiger partial charge in [0.15, 0.2) is 0 Å². The summed E-state index contributed by atoms with van der Waals surface area (Å²) in [5.41, 5.74) is 3.16. The normalized spacial score (nSPS) is 15.8. The second-order valence-corrected chi connectivity index (χ2v) is 6.25. The van der Waals surface area contributed by atoms with E-state index in [2.05, 4.69) is 18.0 Å². The Morgan fingerprint density at radius 1 is 1.00 bits per heavy atom. The third-order valence-corrected chi connectivity index (χ3v) is 4.43. The van der Waals surface area contributed by atoms with Crippen molar-refractivity contribution in [2.75, 3.05) is 27.2 Å². The van der Waals surface area contributed by atoms with Crippen LogP contribution in [0.15, 0.2) is 48.5 Å². The molecule has 0 unspecified atom stereocenters. The average Bonchev–Trinajstić information content (AvgIpc) is 2.60. The fraction of sp³-hybridized carbons (Fsp3) is 0.300. The molecule has 2 aromatic carbocycles. The molecule has 0 saturated heterocycles. The third-order valence-electron chi connectivity index (χ3n) is 4.43. The van der Waals surface area contributed by atoms with Crippen LogP contribution in [0.1, 0.15) is 17.5 Å². The van der Waals surface area contributed by atoms with E-state index in [0.29, 0.717) is 0 Å². The molecule has 3 rings (SSSR count). The van der Waals surface area contributed by atoms with E-state index in [1.54, 1.807) is 7.11 Å². The molecular weight excluding hydrogens is 327 g/mol. The summed E-state index contributed by atoms with van der Waals surface area (Å²) in [6.45, 7) is 1.84. The highest BCUT2D eigenvalue weighted by Gasteiger charge is 2.30. The zero-order chi connectivity index (χ0) is 18.0. The Balaban J connectivity index is 1.98. The SMILES string of the molecule is COc1ccc(-c2ccc(C(F)(F)F)cc2)cc1C1=CCCN(C)C1. The largest absolute Gasteiger partial charge is 0.496 e. The highest BCUT2D eigenvalue weighted by Crippen LogP contribution is 2.35. The molecule has 5 heteroatoms.